The third-order valence-electron chi connectivity index (χ3n) is 7.88. The zero-order chi connectivity index (χ0) is 17.0. The van der Waals surface area contributed by atoms with Gasteiger partial charge in [-0.15, -0.1) is 0 Å². The average Bonchev–Trinajstić information content (AvgIpc) is 2.98. The Morgan fingerprint density at radius 3 is 2.12 bits per heavy atom. The third-order valence-corrected chi connectivity index (χ3v) is 7.88. The smallest absolute Gasteiger partial charge is 0.0394 e. The van der Waals surface area contributed by atoms with Crippen LogP contribution in [0.1, 0.15) is 56.6 Å². The fourth-order valence-corrected chi connectivity index (χ4v) is 7.57. The molecule has 4 saturated carbocycles. The number of benzene rings is 1. The van der Waals surface area contributed by atoms with Crippen LogP contribution < -0.4 is 0 Å². The minimum atomic E-state index is 0.538. The van der Waals surface area contributed by atoms with Crippen molar-refractivity contribution in [1.29, 1.82) is 0 Å². The van der Waals surface area contributed by atoms with Crippen LogP contribution in [0.25, 0.3) is 0 Å². The lowest BCUT2D eigenvalue weighted by molar-refractivity contribution is -0.0976. The average molecular weight is 339 g/mol. The number of hydrogen-bond donors (Lipinski definition) is 0. The highest BCUT2D eigenvalue weighted by molar-refractivity contribution is 5.24. The maximum absolute atomic E-state index is 3.03. The van der Waals surface area contributed by atoms with Crippen LogP contribution in [0.15, 0.2) is 30.3 Å². The minimum Gasteiger partial charge on any atom is -0.309 e. The molecule has 0 unspecified atom stereocenters. The minimum absolute atomic E-state index is 0.538. The summed E-state index contributed by atoms with van der Waals surface area (Å²) < 4.78 is 0. The van der Waals surface area contributed by atoms with E-state index in [1.807, 2.05) is 0 Å². The predicted molar refractivity (Wildman–Crippen MR) is 103 cm³/mol. The quantitative estimate of drug-likeness (QED) is 0.793. The van der Waals surface area contributed by atoms with E-state index in [2.05, 4.69) is 54.2 Å². The van der Waals surface area contributed by atoms with Gasteiger partial charge in [0.25, 0.3) is 0 Å². The van der Waals surface area contributed by atoms with E-state index in [9.17, 15) is 0 Å². The molecule has 6 rings (SSSR count). The molecule has 2 heteroatoms. The first kappa shape index (κ1) is 16.3. The molecule has 0 aromatic heterocycles. The first-order chi connectivity index (χ1) is 12.1. The second-order valence-corrected chi connectivity index (χ2v) is 10.0. The van der Waals surface area contributed by atoms with Crippen molar-refractivity contribution >= 4 is 0 Å². The van der Waals surface area contributed by atoms with E-state index in [0.29, 0.717) is 11.6 Å². The van der Waals surface area contributed by atoms with Gasteiger partial charge >= 0.3 is 0 Å². The predicted octanol–water partition coefficient (Wildman–Crippen LogP) is 4.58. The summed E-state index contributed by atoms with van der Waals surface area (Å²) in [5.41, 5.74) is 2.11. The van der Waals surface area contributed by atoms with Crippen molar-refractivity contribution in [1.82, 2.24) is 9.80 Å². The van der Waals surface area contributed by atoms with Gasteiger partial charge in [-0.3, -0.25) is 4.90 Å². The topological polar surface area (TPSA) is 6.48 Å². The molecular formula is C23H34N2. The third kappa shape index (κ3) is 2.77. The Morgan fingerprint density at radius 1 is 0.960 bits per heavy atom. The molecular weight excluding hydrogens is 304 g/mol. The molecule has 4 aliphatic carbocycles. The number of likely N-dealkylation sites (tertiary alicyclic amines) is 1. The second kappa shape index (κ2) is 6.09. The Labute approximate surface area is 153 Å². The summed E-state index contributed by atoms with van der Waals surface area (Å²) in [7, 11) is 4.49. The molecule has 1 aliphatic heterocycles. The Kier molecular flexibility index (Phi) is 3.98. The van der Waals surface area contributed by atoms with E-state index in [1.54, 1.807) is 24.8 Å². The van der Waals surface area contributed by atoms with Gasteiger partial charge in [-0.25, -0.2) is 0 Å². The normalized spacial score (nSPS) is 43.2. The molecule has 2 nitrogen and oxygen atoms in total. The zero-order valence-corrected chi connectivity index (χ0v) is 16.0. The lowest BCUT2D eigenvalue weighted by Gasteiger charge is -2.61. The highest BCUT2D eigenvalue weighted by Crippen LogP contribution is 2.60. The highest BCUT2D eigenvalue weighted by atomic mass is 15.3. The second-order valence-electron chi connectivity index (χ2n) is 10.0. The van der Waals surface area contributed by atoms with Gasteiger partial charge in [-0.1, -0.05) is 30.3 Å². The molecule has 1 saturated heterocycles. The molecule has 136 valence electrons. The van der Waals surface area contributed by atoms with Gasteiger partial charge in [-0.2, -0.15) is 0 Å². The summed E-state index contributed by atoms with van der Waals surface area (Å²) in [6, 6.07) is 12.1. The Balaban J connectivity index is 1.49. The fourth-order valence-electron chi connectivity index (χ4n) is 7.57. The van der Waals surface area contributed by atoms with Crippen LogP contribution in [0.4, 0.5) is 0 Å². The van der Waals surface area contributed by atoms with Crippen LogP contribution in [-0.4, -0.2) is 42.5 Å². The van der Waals surface area contributed by atoms with Crippen LogP contribution in [0.5, 0.6) is 0 Å². The van der Waals surface area contributed by atoms with Gasteiger partial charge in [-0.05, 0) is 94.8 Å². The van der Waals surface area contributed by atoms with E-state index in [4.69, 9.17) is 0 Å². The van der Waals surface area contributed by atoms with Gasteiger partial charge in [0.1, 0.15) is 0 Å². The van der Waals surface area contributed by atoms with Crippen molar-refractivity contribution in [2.75, 3.05) is 27.2 Å². The molecule has 1 aromatic carbocycles. The monoisotopic (exact) mass is 338 g/mol. The van der Waals surface area contributed by atoms with Gasteiger partial charge in [0.15, 0.2) is 0 Å². The van der Waals surface area contributed by atoms with Gasteiger partial charge in [0.05, 0.1) is 0 Å². The van der Waals surface area contributed by atoms with Crippen molar-refractivity contribution in [3.63, 3.8) is 0 Å². The summed E-state index contributed by atoms with van der Waals surface area (Å²) in [6.07, 6.45) is 10.5. The number of rotatable bonds is 4. The first-order valence-electron chi connectivity index (χ1n) is 10.6. The first-order valence-corrected chi connectivity index (χ1v) is 10.6. The largest absolute Gasteiger partial charge is 0.309 e. The summed E-state index contributed by atoms with van der Waals surface area (Å²) in [4.78, 5) is 5.44. The molecule has 0 radical (unpaired) electrons. The molecule has 0 amide bonds. The highest BCUT2D eigenvalue weighted by Gasteiger charge is 2.56. The molecule has 5 aliphatic rings. The lowest BCUT2D eigenvalue weighted by Crippen LogP contribution is -2.60. The standard InChI is InChI=1S/C23H34N2/c1-24(2)16-21-8-9-25(22(21)20-6-4-3-5-7-20)23-13-17-10-18(14-23)12-19(11-17)15-23/h3-7,17-19,21-22H,8-16H2,1-2H3/t17?,18?,19?,21-,22+,23?/m1/s1. The number of hydrogen-bond acceptors (Lipinski definition) is 2. The van der Waals surface area contributed by atoms with Crippen LogP contribution in [0.3, 0.4) is 0 Å². The van der Waals surface area contributed by atoms with E-state index < -0.39 is 0 Å². The fraction of sp³-hybridized carbons (Fsp3) is 0.739. The molecule has 25 heavy (non-hydrogen) atoms. The zero-order valence-electron chi connectivity index (χ0n) is 16.0. The molecule has 0 spiro atoms. The van der Waals surface area contributed by atoms with E-state index in [0.717, 1.165) is 23.7 Å². The van der Waals surface area contributed by atoms with Gasteiger partial charge in [0, 0.05) is 18.1 Å². The molecule has 0 N–H and O–H groups in total. The molecule has 2 atom stereocenters. The summed E-state index contributed by atoms with van der Waals surface area (Å²) in [5.74, 6) is 3.90. The van der Waals surface area contributed by atoms with Gasteiger partial charge in [0.2, 0.25) is 0 Å². The van der Waals surface area contributed by atoms with Crippen LogP contribution in [-0.2, 0) is 0 Å². The maximum atomic E-state index is 3.03. The summed E-state index contributed by atoms with van der Waals surface area (Å²) >= 11 is 0. The van der Waals surface area contributed by atoms with Crippen LogP contribution >= 0.6 is 0 Å². The van der Waals surface area contributed by atoms with Crippen LogP contribution in [0.2, 0.25) is 0 Å². The molecule has 4 bridgehead atoms. The molecule has 1 aromatic rings. The van der Waals surface area contributed by atoms with E-state index in [1.165, 1.54) is 38.8 Å². The van der Waals surface area contributed by atoms with E-state index in [-0.39, 0.29) is 0 Å². The van der Waals surface area contributed by atoms with Crippen molar-refractivity contribution in [2.24, 2.45) is 23.7 Å². The van der Waals surface area contributed by atoms with E-state index >= 15 is 0 Å². The lowest BCUT2D eigenvalue weighted by atomic mass is 9.52. The summed E-state index contributed by atoms with van der Waals surface area (Å²) in [5, 5.41) is 0. The maximum Gasteiger partial charge on any atom is 0.0394 e. The Morgan fingerprint density at radius 2 is 1.56 bits per heavy atom. The van der Waals surface area contributed by atoms with Crippen molar-refractivity contribution < 1.29 is 0 Å². The summed E-state index contributed by atoms with van der Waals surface area (Å²) in [6.45, 7) is 2.55. The van der Waals surface area contributed by atoms with Crippen molar-refractivity contribution in [3.05, 3.63) is 35.9 Å². The molecule has 5 fully saturated rings. The van der Waals surface area contributed by atoms with Gasteiger partial charge < -0.3 is 4.90 Å². The SMILES string of the molecule is CN(C)C[C@H]1CCN(C23CC4CC(CC(C4)C2)C3)[C@H]1c1ccccc1. The van der Waals surface area contributed by atoms with Crippen LogP contribution in [0, 0.1) is 23.7 Å². The Hall–Kier alpha value is -0.860. The van der Waals surface area contributed by atoms with Crippen molar-refractivity contribution in [3.8, 4) is 0 Å². The number of nitrogens with zero attached hydrogens (tertiary/aromatic N) is 2. The van der Waals surface area contributed by atoms with Crippen molar-refractivity contribution in [2.45, 2.75) is 56.5 Å². The molecule has 1 heterocycles. The Bertz CT molecular complexity index is 572.